The first-order chi connectivity index (χ1) is 7.39. The van der Waals surface area contributed by atoms with Crippen LogP contribution < -0.4 is 5.32 Å². The van der Waals surface area contributed by atoms with Crippen LogP contribution >= 0.6 is 0 Å². The summed E-state index contributed by atoms with van der Waals surface area (Å²) in [5.74, 6) is 0.904. The number of nitrogens with one attached hydrogen (secondary N) is 1. The molecule has 3 heterocycles. The summed E-state index contributed by atoms with van der Waals surface area (Å²) in [5.41, 5.74) is 0.438. The smallest absolute Gasteiger partial charge is 0.0484 e. The first-order valence-corrected chi connectivity index (χ1v) is 6.43. The summed E-state index contributed by atoms with van der Waals surface area (Å²) in [6.45, 7) is 6.99. The first kappa shape index (κ1) is 10.1. The third-order valence-electron chi connectivity index (χ3n) is 4.50. The second kappa shape index (κ2) is 4.04. The van der Waals surface area contributed by atoms with Gasteiger partial charge in [0.25, 0.3) is 0 Å². The summed E-state index contributed by atoms with van der Waals surface area (Å²) in [6, 6.07) is 0. The van der Waals surface area contributed by atoms with Crippen LogP contribution in [-0.4, -0.2) is 49.8 Å². The average molecular weight is 210 g/mol. The molecular weight excluding hydrogens is 188 g/mol. The fourth-order valence-corrected chi connectivity index (χ4v) is 3.53. The largest absolute Gasteiger partial charge is 0.381 e. The van der Waals surface area contributed by atoms with Crippen molar-refractivity contribution in [2.24, 2.45) is 5.92 Å². The second-order valence-corrected chi connectivity index (χ2v) is 5.42. The van der Waals surface area contributed by atoms with Crippen molar-refractivity contribution >= 4 is 0 Å². The molecule has 3 fully saturated rings. The molecule has 2 atom stereocenters. The van der Waals surface area contributed by atoms with E-state index in [1.807, 2.05) is 0 Å². The van der Waals surface area contributed by atoms with Gasteiger partial charge in [-0.05, 0) is 44.7 Å². The number of hydrogen-bond acceptors (Lipinski definition) is 3. The molecule has 0 aromatic rings. The van der Waals surface area contributed by atoms with Gasteiger partial charge in [-0.1, -0.05) is 0 Å². The Balaban J connectivity index is 1.80. The number of hydrogen-bond donors (Lipinski definition) is 1. The average Bonchev–Trinajstić information content (AvgIpc) is 2.40. The predicted octanol–water partition coefficient (Wildman–Crippen LogP) is 0.851. The van der Waals surface area contributed by atoms with E-state index in [9.17, 15) is 0 Å². The number of nitrogens with zero attached hydrogens (tertiary/aromatic N) is 1. The van der Waals surface area contributed by atoms with Crippen LogP contribution in [0.3, 0.4) is 0 Å². The molecule has 1 spiro atoms. The van der Waals surface area contributed by atoms with Crippen LogP contribution in [0.5, 0.6) is 0 Å². The molecule has 0 radical (unpaired) electrons. The third kappa shape index (κ3) is 1.81. The van der Waals surface area contributed by atoms with E-state index in [0.717, 1.165) is 19.1 Å². The van der Waals surface area contributed by atoms with Crippen LogP contribution in [0.1, 0.15) is 25.7 Å². The lowest BCUT2D eigenvalue weighted by Crippen LogP contribution is -2.57. The van der Waals surface area contributed by atoms with Gasteiger partial charge in [0.05, 0.1) is 0 Å². The van der Waals surface area contributed by atoms with Crippen molar-refractivity contribution in [2.75, 3.05) is 39.4 Å². The van der Waals surface area contributed by atoms with E-state index in [1.165, 1.54) is 51.9 Å². The lowest BCUT2D eigenvalue weighted by molar-refractivity contribution is -0.0336. The second-order valence-electron chi connectivity index (χ2n) is 5.42. The van der Waals surface area contributed by atoms with Crippen molar-refractivity contribution in [2.45, 2.75) is 31.2 Å². The Morgan fingerprint density at radius 1 is 1.27 bits per heavy atom. The Morgan fingerprint density at radius 2 is 2.13 bits per heavy atom. The molecule has 3 nitrogen and oxygen atoms in total. The summed E-state index contributed by atoms with van der Waals surface area (Å²) in [6.07, 6.45) is 5.28. The van der Waals surface area contributed by atoms with Gasteiger partial charge in [0.1, 0.15) is 0 Å². The molecule has 0 amide bonds. The number of rotatable bonds is 0. The van der Waals surface area contributed by atoms with Crippen molar-refractivity contribution in [3.8, 4) is 0 Å². The van der Waals surface area contributed by atoms with Gasteiger partial charge in [-0.15, -0.1) is 0 Å². The highest BCUT2D eigenvalue weighted by atomic mass is 16.5. The Morgan fingerprint density at radius 3 is 3.00 bits per heavy atom. The zero-order valence-electron chi connectivity index (χ0n) is 9.50. The quantitative estimate of drug-likeness (QED) is 0.641. The fourth-order valence-electron chi connectivity index (χ4n) is 3.53. The maximum Gasteiger partial charge on any atom is 0.0484 e. The molecule has 3 saturated heterocycles. The monoisotopic (exact) mass is 210 g/mol. The maximum absolute atomic E-state index is 5.52. The van der Waals surface area contributed by atoms with Crippen molar-refractivity contribution in [1.29, 1.82) is 0 Å². The minimum absolute atomic E-state index is 0.438. The van der Waals surface area contributed by atoms with Gasteiger partial charge in [-0.2, -0.15) is 0 Å². The molecule has 3 heteroatoms. The highest BCUT2D eigenvalue weighted by Crippen LogP contribution is 2.33. The third-order valence-corrected chi connectivity index (χ3v) is 4.50. The number of ether oxygens (including phenoxy) is 1. The van der Waals surface area contributed by atoms with Crippen LogP contribution in [0.4, 0.5) is 0 Å². The van der Waals surface area contributed by atoms with E-state index in [-0.39, 0.29) is 0 Å². The predicted molar refractivity (Wildman–Crippen MR) is 60.0 cm³/mol. The van der Waals surface area contributed by atoms with Crippen LogP contribution in [0.15, 0.2) is 0 Å². The van der Waals surface area contributed by atoms with Gasteiger partial charge in [0, 0.05) is 31.8 Å². The molecule has 0 aliphatic carbocycles. The van der Waals surface area contributed by atoms with E-state index >= 15 is 0 Å². The lowest BCUT2D eigenvalue weighted by atomic mass is 9.86. The van der Waals surface area contributed by atoms with Gasteiger partial charge in [0.2, 0.25) is 0 Å². The maximum atomic E-state index is 5.52. The molecule has 0 aromatic carbocycles. The summed E-state index contributed by atoms with van der Waals surface area (Å²) in [4.78, 5) is 2.77. The Labute approximate surface area is 92.2 Å². The van der Waals surface area contributed by atoms with Crippen LogP contribution in [-0.2, 0) is 4.74 Å². The van der Waals surface area contributed by atoms with Crippen molar-refractivity contribution in [3.05, 3.63) is 0 Å². The molecule has 3 rings (SSSR count). The lowest BCUT2D eigenvalue weighted by Gasteiger charge is -2.47. The van der Waals surface area contributed by atoms with Crippen molar-refractivity contribution < 1.29 is 4.74 Å². The number of piperidine rings is 1. The van der Waals surface area contributed by atoms with Gasteiger partial charge in [-0.25, -0.2) is 0 Å². The number of fused-ring (bicyclic) bond motifs is 3. The Bertz CT molecular complexity index is 226. The molecule has 1 N–H and O–H groups in total. The van der Waals surface area contributed by atoms with E-state index < -0.39 is 0 Å². The summed E-state index contributed by atoms with van der Waals surface area (Å²) in [5, 5.41) is 3.68. The van der Waals surface area contributed by atoms with Crippen LogP contribution in [0, 0.1) is 5.92 Å². The standard InChI is InChI=1S/C12H22N2O/c1-2-11-8-13-10-12(14(5-1)9-11)3-6-15-7-4-12/h11,13H,1-10H2. The molecule has 3 aliphatic heterocycles. The van der Waals surface area contributed by atoms with E-state index in [4.69, 9.17) is 4.74 Å². The fraction of sp³-hybridized carbons (Fsp3) is 1.00. The van der Waals surface area contributed by atoms with E-state index in [1.54, 1.807) is 0 Å². The van der Waals surface area contributed by atoms with Crippen molar-refractivity contribution in [1.82, 2.24) is 10.2 Å². The highest BCUT2D eigenvalue weighted by molar-refractivity contribution is 4.99. The van der Waals surface area contributed by atoms with Crippen LogP contribution in [0.25, 0.3) is 0 Å². The van der Waals surface area contributed by atoms with Gasteiger partial charge in [-0.3, -0.25) is 4.90 Å². The van der Waals surface area contributed by atoms with E-state index in [0.29, 0.717) is 5.54 Å². The molecule has 3 aliphatic rings. The molecule has 15 heavy (non-hydrogen) atoms. The molecule has 2 bridgehead atoms. The van der Waals surface area contributed by atoms with E-state index in [2.05, 4.69) is 10.2 Å². The normalized spacial score (nSPS) is 40.0. The summed E-state index contributed by atoms with van der Waals surface area (Å²) in [7, 11) is 0. The molecule has 0 aromatic heterocycles. The van der Waals surface area contributed by atoms with Gasteiger partial charge in [0.15, 0.2) is 0 Å². The minimum atomic E-state index is 0.438. The van der Waals surface area contributed by atoms with Crippen molar-refractivity contribution in [3.63, 3.8) is 0 Å². The highest BCUT2D eigenvalue weighted by Gasteiger charge is 2.41. The zero-order chi connectivity index (χ0) is 10.1. The minimum Gasteiger partial charge on any atom is -0.381 e. The zero-order valence-corrected chi connectivity index (χ0v) is 9.50. The summed E-state index contributed by atoms with van der Waals surface area (Å²) < 4.78 is 5.52. The van der Waals surface area contributed by atoms with Gasteiger partial charge < -0.3 is 10.1 Å². The molecular formula is C12H22N2O. The Hall–Kier alpha value is -0.120. The van der Waals surface area contributed by atoms with Crippen LogP contribution in [0.2, 0.25) is 0 Å². The molecule has 0 saturated carbocycles. The van der Waals surface area contributed by atoms with Gasteiger partial charge >= 0.3 is 0 Å². The Kier molecular flexibility index (Phi) is 2.71. The first-order valence-electron chi connectivity index (χ1n) is 6.43. The molecule has 2 unspecified atom stereocenters. The SMILES string of the molecule is C1CC2CNCC3(CCOCC3)N(C1)C2. The molecule has 86 valence electrons. The topological polar surface area (TPSA) is 24.5 Å². The summed E-state index contributed by atoms with van der Waals surface area (Å²) >= 11 is 0.